The van der Waals surface area contributed by atoms with Crippen LogP contribution in [-0.2, 0) is 0 Å². The molecule has 4 nitrogen and oxygen atoms in total. The van der Waals surface area contributed by atoms with Crippen LogP contribution in [0.3, 0.4) is 0 Å². The average molecular weight is 228 g/mol. The molecule has 0 saturated heterocycles. The van der Waals surface area contributed by atoms with E-state index in [9.17, 15) is 10.1 Å². The van der Waals surface area contributed by atoms with Crippen molar-refractivity contribution in [1.82, 2.24) is 0 Å². The maximum absolute atomic E-state index is 10.6. The Morgan fingerprint density at radius 1 is 1.12 bits per heavy atom. The molecular formula is C13H10NO3. The summed E-state index contributed by atoms with van der Waals surface area (Å²) in [5, 5.41) is 10.6. The molecule has 0 aliphatic heterocycles. The van der Waals surface area contributed by atoms with Crippen molar-refractivity contribution in [1.29, 1.82) is 0 Å². The average Bonchev–Trinajstić information content (AvgIpc) is 2.33. The molecule has 85 valence electrons. The van der Waals surface area contributed by atoms with Crippen LogP contribution in [0.15, 0.2) is 48.5 Å². The second kappa shape index (κ2) is 4.65. The smallest absolute Gasteiger partial charge is 0.269 e. The summed E-state index contributed by atoms with van der Waals surface area (Å²) in [7, 11) is 0. The van der Waals surface area contributed by atoms with Crippen LogP contribution in [0.1, 0.15) is 5.56 Å². The molecule has 2 aromatic carbocycles. The number of para-hydroxylation sites is 1. The molecule has 1 radical (unpaired) electrons. The van der Waals surface area contributed by atoms with Gasteiger partial charge in [0.25, 0.3) is 5.69 Å². The summed E-state index contributed by atoms with van der Waals surface area (Å²) in [6, 6.07) is 13.5. The molecular weight excluding hydrogens is 218 g/mol. The number of benzene rings is 2. The SMILES string of the molecule is [CH2]c1cc([N+](=O)[O-])ccc1Oc1ccccc1. The highest BCUT2D eigenvalue weighted by molar-refractivity contribution is 5.46. The van der Waals surface area contributed by atoms with Crippen LogP contribution in [0.5, 0.6) is 11.5 Å². The van der Waals surface area contributed by atoms with Crippen molar-refractivity contribution in [2.45, 2.75) is 0 Å². The van der Waals surface area contributed by atoms with Gasteiger partial charge >= 0.3 is 0 Å². The number of nitro benzene ring substituents is 1. The number of hydrogen-bond acceptors (Lipinski definition) is 3. The van der Waals surface area contributed by atoms with Gasteiger partial charge in [0.05, 0.1) is 4.92 Å². The Morgan fingerprint density at radius 3 is 2.41 bits per heavy atom. The number of ether oxygens (including phenoxy) is 1. The van der Waals surface area contributed by atoms with Crippen LogP contribution in [0.2, 0.25) is 0 Å². The molecule has 0 bridgehead atoms. The van der Waals surface area contributed by atoms with Gasteiger partial charge in [-0.1, -0.05) is 18.2 Å². The largest absolute Gasteiger partial charge is 0.457 e. The van der Waals surface area contributed by atoms with Gasteiger partial charge in [0.15, 0.2) is 0 Å². The van der Waals surface area contributed by atoms with Crippen molar-refractivity contribution < 1.29 is 9.66 Å². The highest BCUT2D eigenvalue weighted by Crippen LogP contribution is 2.27. The third kappa shape index (κ3) is 2.60. The number of nitrogens with zero attached hydrogens (tertiary/aromatic N) is 1. The van der Waals surface area contributed by atoms with Gasteiger partial charge in [-0.05, 0) is 25.1 Å². The standard InChI is InChI=1S/C13H10NO3/c1-10-9-11(14(15)16)7-8-13(10)17-12-5-3-2-4-6-12/h2-9H,1H2. The van der Waals surface area contributed by atoms with Gasteiger partial charge in [0.2, 0.25) is 0 Å². The Labute approximate surface area is 98.6 Å². The van der Waals surface area contributed by atoms with Crippen LogP contribution in [0.25, 0.3) is 0 Å². The van der Waals surface area contributed by atoms with E-state index >= 15 is 0 Å². The molecule has 2 rings (SSSR count). The van der Waals surface area contributed by atoms with Crippen LogP contribution < -0.4 is 4.74 Å². The predicted molar refractivity (Wildman–Crippen MR) is 64.1 cm³/mol. The summed E-state index contributed by atoms with van der Waals surface area (Å²) in [6.07, 6.45) is 0. The summed E-state index contributed by atoms with van der Waals surface area (Å²) in [5.74, 6) is 1.19. The van der Waals surface area contributed by atoms with E-state index in [1.165, 1.54) is 12.1 Å². The van der Waals surface area contributed by atoms with Crippen molar-refractivity contribution in [3.63, 3.8) is 0 Å². The fraction of sp³-hybridized carbons (Fsp3) is 0. The molecule has 0 heterocycles. The van der Waals surface area contributed by atoms with E-state index in [1.807, 2.05) is 18.2 Å². The van der Waals surface area contributed by atoms with Gasteiger partial charge in [-0.15, -0.1) is 0 Å². The van der Waals surface area contributed by atoms with Gasteiger partial charge in [-0.3, -0.25) is 10.1 Å². The van der Waals surface area contributed by atoms with E-state index in [-0.39, 0.29) is 5.69 Å². The monoisotopic (exact) mass is 228 g/mol. The molecule has 0 N–H and O–H groups in total. The topological polar surface area (TPSA) is 52.4 Å². The Morgan fingerprint density at radius 2 is 1.82 bits per heavy atom. The fourth-order valence-corrected chi connectivity index (χ4v) is 1.39. The van der Waals surface area contributed by atoms with Crippen molar-refractivity contribution in [2.24, 2.45) is 0 Å². The molecule has 0 aromatic heterocycles. The minimum absolute atomic E-state index is 0.00964. The van der Waals surface area contributed by atoms with Gasteiger partial charge in [0.1, 0.15) is 11.5 Å². The lowest BCUT2D eigenvalue weighted by Gasteiger charge is -2.07. The molecule has 0 unspecified atom stereocenters. The highest BCUT2D eigenvalue weighted by atomic mass is 16.6. The van der Waals surface area contributed by atoms with Crippen LogP contribution >= 0.6 is 0 Å². The fourth-order valence-electron chi connectivity index (χ4n) is 1.39. The maximum Gasteiger partial charge on any atom is 0.269 e. The molecule has 0 aliphatic carbocycles. The van der Waals surface area contributed by atoms with E-state index in [1.54, 1.807) is 18.2 Å². The second-order valence-electron chi connectivity index (χ2n) is 3.46. The first kappa shape index (κ1) is 11.1. The minimum Gasteiger partial charge on any atom is -0.457 e. The summed E-state index contributed by atoms with van der Waals surface area (Å²) in [5.41, 5.74) is 0.499. The van der Waals surface area contributed by atoms with E-state index in [0.29, 0.717) is 17.1 Å². The number of rotatable bonds is 3. The first-order valence-electron chi connectivity index (χ1n) is 5.00. The Hall–Kier alpha value is -2.36. The van der Waals surface area contributed by atoms with Gasteiger partial charge in [-0.2, -0.15) is 0 Å². The summed E-state index contributed by atoms with van der Waals surface area (Å²) >= 11 is 0. The van der Waals surface area contributed by atoms with Crippen molar-refractivity contribution in [3.05, 3.63) is 71.1 Å². The predicted octanol–water partition coefficient (Wildman–Crippen LogP) is 3.57. The third-order valence-electron chi connectivity index (χ3n) is 2.23. The molecule has 0 aliphatic rings. The van der Waals surface area contributed by atoms with Crippen molar-refractivity contribution in [2.75, 3.05) is 0 Å². The molecule has 4 heteroatoms. The number of hydrogen-bond donors (Lipinski definition) is 0. The molecule has 17 heavy (non-hydrogen) atoms. The zero-order valence-electron chi connectivity index (χ0n) is 9.00. The van der Waals surface area contributed by atoms with E-state index in [0.717, 1.165) is 0 Å². The van der Waals surface area contributed by atoms with Gasteiger partial charge in [-0.25, -0.2) is 0 Å². The molecule has 0 amide bonds. The first-order valence-corrected chi connectivity index (χ1v) is 5.00. The van der Waals surface area contributed by atoms with Gasteiger partial charge in [0, 0.05) is 17.7 Å². The van der Waals surface area contributed by atoms with E-state index in [4.69, 9.17) is 4.74 Å². The molecule has 0 spiro atoms. The van der Waals surface area contributed by atoms with E-state index < -0.39 is 4.92 Å². The number of nitro groups is 1. The zero-order valence-corrected chi connectivity index (χ0v) is 9.00. The van der Waals surface area contributed by atoms with Crippen LogP contribution in [0.4, 0.5) is 5.69 Å². The van der Waals surface area contributed by atoms with Crippen LogP contribution in [-0.4, -0.2) is 4.92 Å². The molecule has 0 fully saturated rings. The first-order chi connectivity index (χ1) is 8.16. The Kier molecular flexibility index (Phi) is 3.05. The summed E-state index contributed by atoms with van der Waals surface area (Å²) in [4.78, 5) is 10.1. The molecule has 0 saturated carbocycles. The highest BCUT2D eigenvalue weighted by Gasteiger charge is 2.09. The van der Waals surface area contributed by atoms with Gasteiger partial charge < -0.3 is 4.74 Å². The zero-order chi connectivity index (χ0) is 12.3. The lowest BCUT2D eigenvalue weighted by atomic mass is 10.2. The van der Waals surface area contributed by atoms with Crippen molar-refractivity contribution in [3.8, 4) is 11.5 Å². The van der Waals surface area contributed by atoms with Crippen LogP contribution in [0, 0.1) is 17.0 Å². The third-order valence-corrected chi connectivity index (χ3v) is 2.23. The Balaban J connectivity index is 2.26. The maximum atomic E-state index is 10.6. The normalized spacial score (nSPS) is 9.94. The molecule has 2 aromatic rings. The van der Waals surface area contributed by atoms with E-state index in [2.05, 4.69) is 6.92 Å². The summed E-state index contributed by atoms with van der Waals surface area (Å²) < 4.78 is 5.56. The van der Waals surface area contributed by atoms with Crippen molar-refractivity contribution >= 4 is 5.69 Å². The summed E-state index contributed by atoms with van der Waals surface area (Å²) in [6.45, 7) is 3.73. The second-order valence-corrected chi connectivity index (χ2v) is 3.46. The Bertz CT molecular complexity index is 538. The lowest BCUT2D eigenvalue weighted by Crippen LogP contribution is -1.91. The quantitative estimate of drug-likeness (QED) is 0.596. The number of non-ortho nitro benzene ring substituents is 1. The molecule has 0 atom stereocenters. The minimum atomic E-state index is -0.457. The lowest BCUT2D eigenvalue weighted by molar-refractivity contribution is -0.384.